The van der Waals surface area contributed by atoms with Gasteiger partial charge in [-0.05, 0) is 51.2 Å². The van der Waals surface area contributed by atoms with E-state index in [1.807, 2.05) is 18.2 Å². The smallest absolute Gasteiger partial charge is 0.191 e. The van der Waals surface area contributed by atoms with Gasteiger partial charge < -0.3 is 20.5 Å². The van der Waals surface area contributed by atoms with E-state index in [1.54, 1.807) is 0 Å². The van der Waals surface area contributed by atoms with E-state index in [-0.39, 0.29) is 12.7 Å². The molecule has 142 valence electrons. The Morgan fingerprint density at radius 1 is 1.20 bits per heavy atom. The first-order chi connectivity index (χ1) is 12.1. The second-order valence-electron chi connectivity index (χ2n) is 6.46. The second-order valence-corrected chi connectivity index (χ2v) is 6.46. The van der Waals surface area contributed by atoms with Crippen molar-refractivity contribution in [2.75, 3.05) is 26.2 Å². The van der Waals surface area contributed by atoms with Crippen molar-refractivity contribution in [2.24, 2.45) is 10.9 Å². The second kappa shape index (κ2) is 12.6. The van der Waals surface area contributed by atoms with Crippen LogP contribution in [0.3, 0.4) is 0 Å². The van der Waals surface area contributed by atoms with Gasteiger partial charge in [0, 0.05) is 19.7 Å². The first kappa shape index (κ1) is 21.3. The minimum atomic E-state index is 0.0360. The number of guanidine groups is 1. The van der Waals surface area contributed by atoms with Crippen LogP contribution in [0, 0.1) is 12.8 Å². The molecule has 1 rings (SSSR count). The fourth-order valence-corrected chi connectivity index (χ4v) is 2.67. The molecule has 0 saturated carbocycles. The van der Waals surface area contributed by atoms with Crippen LogP contribution in [0.1, 0.15) is 45.6 Å². The highest BCUT2D eigenvalue weighted by Crippen LogP contribution is 2.17. The van der Waals surface area contributed by atoms with Gasteiger partial charge in [-0.25, -0.2) is 0 Å². The van der Waals surface area contributed by atoms with Gasteiger partial charge in [0.05, 0.1) is 6.54 Å². The van der Waals surface area contributed by atoms with Crippen molar-refractivity contribution in [1.82, 2.24) is 10.6 Å². The number of nitrogens with one attached hydrogen (secondary N) is 2. The van der Waals surface area contributed by atoms with Crippen LogP contribution in [0.25, 0.3) is 0 Å². The summed E-state index contributed by atoms with van der Waals surface area (Å²) in [5, 5.41) is 15.8. The minimum Gasteiger partial charge on any atom is -0.489 e. The Hall–Kier alpha value is -1.75. The summed E-state index contributed by atoms with van der Waals surface area (Å²) in [6.45, 7) is 10.8. The summed E-state index contributed by atoms with van der Waals surface area (Å²) in [6, 6.07) is 8.05. The molecule has 0 aliphatic heterocycles. The normalized spacial score (nSPS) is 14.0. The van der Waals surface area contributed by atoms with Gasteiger partial charge in [-0.15, -0.1) is 0 Å². The van der Waals surface area contributed by atoms with Gasteiger partial charge in [-0.3, -0.25) is 4.99 Å². The molecule has 0 heterocycles. The lowest BCUT2D eigenvalue weighted by Crippen LogP contribution is -2.42. The van der Waals surface area contributed by atoms with Gasteiger partial charge >= 0.3 is 0 Å². The molecule has 5 nitrogen and oxygen atoms in total. The monoisotopic (exact) mass is 349 g/mol. The molecule has 0 aromatic heterocycles. The van der Waals surface area contributed by atoms with Crippen LogP contribution < -0.4 is 15.4 Å². The van der Waals surface area contributed by atoms with Crippen molar-refractivity contribution >= 4 is 5.96 Å². The molecule has 2 atom stereocenters. The minimum absolute atomic E-state index is 0.0360. The molecule has 0 bridgehead atoms. The van der Waals surface area contributed by atoms with Crippen LogP contribution in [0.5, 0.6) is 5.75 Å². The maximum Gasteiger partial charge on any atom is 0.191 e. The van der Waals surface area contributed by atoms with Crippen LogP contribution in [0.4, 0.5) is 0 Å². The van der Waals surface area contributed by atoms with E-state index < -0.39 is 0 Å². The largest absolute Gasteiger partial charge is 0.489 e. The average molecular weight is 350 g/mol. The number of rotatable bonds is 11. The summed E-state index contributed by atoms with van der Waals surface area (Å²) in [4.78, 5) is 4.68. The number of para-hydroxylation sites is 1. The van der Waals surface area contributed by atoms with Gasteiger partial charge in [0.25, 0.3) is 0 Å². The third kappa shape index (κ3) is 8.77. The number of aryl methyl sites for hydroxylation is 1. The summed E-state index contributed by atoms with van der Waals surface area (Å²) in [6.07, 6.45) is 3.06. The predicted molar refractivity (Wildman–Crippen MR) is 105 cm³/mol. The number of hydrogen-bond donors (Lipinski definition) is 3. The highest BCUT2D eigenvalue weighted by atomic mass is 16.5. The Balaban J connectivity index is 2.53. The third-order valence-electron chi connectivity index (χ3n) is 4.06. The standard InChI is InChI=1S/C20H35N3O2/c1-5-9-18(12-13-24)15-23-20(21-6-2)22-14-17(4)25-19-11-8-7-10-16(19)3/h7-8,10-11,17-18,24H,5-6,9,12-15H2,1-4H3,(H2,21,22,23). The van der Waals surface area contributed by atoms with Crippen molar-refractivity contribution in [2.45, 2.75) is 53.1 Å². The lowest BCUT2D eigenvalue weighted by molar-refractivity contribution is 0.222. The Kier molecular flexibility index (Phi) is 10.7. The number of aliphatic hydroxyl groups excluding tert-OH is 1. The van der Waals surface area contributed by atoms with Crippen molar-refractivity contribution in [3.05, 3.63) is 29.8 Å². The van der Waals surface area contributed by atoms with E-state index in [1.165, 1.54) is 0 Å². The third-order valence-corrected chi connectivity index (χ3v) is 4.06. The van der Waals surface area contributed by atoms with Crippen molar-refractivity contribution in [1.29, 1.82) is 0 Å². The van der Waals surface area contributed by atoms with Crippen molar-refractivity contribution in [3.8, 4) is 5.75 Å². The maximum atomic E-state index is 9.17. The molecule has 0 amide bonds. The molecule has 3 N–H and O–H groups in total. The molecular weight excluding hydrogens is 314 g/mol. The summed E-state index contributed by atoms with van der Waals surface area (Å²) in [7, 11) is 0. The Morgan fingerprint density at radius 2 is 1.96 bits per heavy atom. The molecule has 1 aromatic carbocycles. The number of ether oxygens (including phenoxy) is 1. The van der Waals surface area contributed by atoms with Gasteiger partial charge in [0.1, 0.15) is 11.9 Å². The summed E-state index contributed by atoms with van der Waals surface area (Å²) < 4.78 is 6.00. The Labute approximate surface area is 152 Å². The average Bonchev–Trinajstić information content (AvgIpc) is 2.59. The number of hydrogen-bond acceptors (Lipinski definition) is 3. The van der Waals surface area contributed by atoms with E-state index >= 15 is 0 Å². The predicted octanol–water partition coefficient (Wildman–Crippen LogP) is 3.12. The van der Waals surface area contributed by atoms with Crippen molar-refractivity contribution in [3.63, 3.8) is 0 Å². The summed E-state index contributed by atoms with van der Waals surface area (Å²) >= 11 is 0. The van der Waals surface area contributed by atoms with Crippen LogP contribution in [-0.2, 0) is 0 Å². The lowest BCUT2D eigenvalue weighted by Gasteiger charge is -2.19. The molecule has 0 saturated heterocycles. The van der Waals surface area contributed by atoms with E-state index in [0.717, 1.165) is 49.6 Å². The zero-order valence-corrected chi connectivity index (χ0v) is 16.2. The molecule has 2 unspecified atom stereocenters. The van der Waals surface area contributed by atoms with E-state index in [0.29, 0.717) is 12.5 Å². The van der Waals surface area contributed by atoms with E-state index in [9.17, 15) is 5.11 Å². The topological polar surface area (TPSA) is 65.9 Å². The molecule has 0 radical (unpaired) electrons. The van der Waals surface area contributed by atoms with Crippen LogP contribution >= 0.6 is 0 Å². The maximum absolute atomic E-state index is 9.17. The molecular formula is C20H35N3O2. The van der Waals surface area contributed by atoms with E-state index in [4.69, 9.17) is 4.74 Å². The number of aliphatic hydroxyl groups is 1. The first-order valence-electron chi connectivity index (χ1n) is 9.45. The molecule has 0 aliphatic carbocycles. The Bertz CT molecular complexity index is 499. The molecule has 0 spiro atoms. The van der Waals surface area contributed by atoms with Crippen LogP contribution in [-0.4, -0.2) is 43.4 Å². The molecule has 5 heteroatoms. The first-order valence-corrected chi connectivity index (χ1v) is 9.45. The van der Waals surface area contributed by atoms with Gasteiger partial charge in [-0.2, -0.15) is 0 Å². The van der Waals surface area contributed by atoms with Gasteiger partial charge in [0.2, 0.25) is 0 Å². The molecule has 25 heavy (non-hydrogen) atoms. The van der Waals surface area contributed by atoms with Crippen LogP contribution in [0.15, 0.2) is 29.3 Å². The number of aliphatic imine (C=N–C) groups is 1. The fourth-order valence-electron chi connectivity index (χ4n) is 2.67. The molecule has 0 aliphatic rings. The van der Waals surface area contributed by atoms with Crippen LogP contribution in [0.2, 0.25) is 0 Å². The SMILES string of the molecule is CCCC(CCO)CN=C(NCC)NCC(C)Oc1ccccc1C. The van der Waals surface area contributed by atoms with Gasteiger partial charge in [-0.1, -0.05) is 31.5 Å². The van der Waals surface area contributed by atoms with Gasteiger partial charge in [0.15, 0.2) is 5.96 Å². The fraction of sp³-hybridized carbons (Fsp3) is 0.650. The molecule has 0 fully saturated rings. The zero-order valence-electron chi connectivity index (χ0n) is 16.2. The highest BCUT2D eigenvalue weighted by Gasteiger charge is 2.09. The Morgan fingerprint density at radius 3 is 2.60 bits per heavy atom. The quantitative estimate of drug-likeness (QED) is 0.424. The zero-order chi connectivity index (χ0) is 18.5. The van der Waals surface area contributed by atoms with E-state index in [2.05, 4.69) is 49.4 Å². The summed E-state index contributed by atoms with van der Waals surface area (Å²) in [5.74, 6) is 2.16. The number of nitrogens with zero attached hydrogens (tertiary/aromatic N) is 1. The molecule has 1 aromatic rings. The van der Waals surface area contributed by atoms with Crippen molar-refractivity contribution < 1.29 is 9.84 Å². The number of benzene rings is 1. The lowest BCUT2D eigenvalue weighted by atomic mass is 10.0. The summed E-state index contributed by atoms with van der Waals surface area (Å²) in [5.41, 5.74) is 1.14. The highest BCUT2D eigenvalue weighted by molar-refractivity contribution is 5.79.